The molecule has 1 aliphatic rings. The number of hydrogen-bond donors (Lipinski definition) is 1. The van der Waals surface area contributed by atoms with Crippen LogP contribution < -0.4 is 5.73 Å². The zero-order valence-corrected chi connectivity index (χ0v) is 15.9. The van der Waals surface area contributed by atoms with Gasteiger partial charge in [0, 0.05) is 17.8 Å². The van der Waals surface area contributed by atoms with E-state index in [1.54, 1.807) is 6.92 Å². The SMILES string of the molecule is CCOC(=O)C1CCCN(C(=O)c2ccccc2C)C1c1ccc(N)cc1. The molecule has 5 heteroatoms. The van der Waals surface area contributed by atoms with Crippen LogP contribution in [0.3, 0.4) is 0 Å². The van der Waals surface area contributed by atoms with Crippen LogP contribution in [0.5, 0.6) is 0 Å². The summed E-state index contributed by atoms with van der Waals surface area (Å²) in [6.07, 6.45) is 1.47. The third-order valence-corrected chi connectivity index (χ3v) is 5.13. The summed E-state index contributed by atoms with van der Waals surface area (Å²) in [5.41, 5.74) is 8.99. The molecule has 142 valence electrons. The maximum Gasteiger partial charge on any atom is 0.311 e. The van der Waals surface area contributed by atoms with Crippen molar-refractivity contribution < 1.29 is 14.3 Å². The number of likely N-dealkylation sites (tertiary alicyclic amines) is 1. The number of carbonyl (C=O) groups excluding carboxylic acids is 2. The number of hydrogen-bond acceptors (Lipinski definition) is 4. The van der Waals surface area contributed by atoms with E-state index in [4.69, 9.17) is 10.5 Å². The number of carbonyl (C=O) groups is 2. The Labute approximate surface area is 160 Å². The maximum absolute atomic E-state index is 13.3. The lowest BCUT2D eigenvalue weighted by Crippen LogP contribution is -2.45. The lowest BCUT2D eigenvalue weighted by Gasteiger charge is -2.40. The van der Waals surface area contributed by atoms with Crippen LogP contribution in [0.1, 0.15) is 47.3 Å². The van der Waals surface area contributed by atoms with E-state index in [2.05, 4.69) is 0 Å². The summed E-state index contributed by atoms with van der Waals surface area (Å²) in [4.78, 5) is 27.8. The van der Waals surface area contributed by atoms with E-state index in [1.165, 1.54) is 0 Å². The highest BCUT2D eigenvalue weighted by atomic mass is 16.5. The smallest absolute Gasteiger partial charge is 0.311 e. The van der Waals surface area contributed by atoms with Crippen LogP contribution in [0.4, 0.5) is 5.69 Å². The van der Waals surface area contributed by atoms with E-state index in [0.29, 0.717) is 30.8 Å². The Bertz CT molecular complexity index is 817. The van der Waals surface area contributed by atoms with Crippen molar-refractivity contribution in [3.05, 3.63) is 65.2 Å². The fraction of sp³-hybridized carbons (Fsp3) is 0.364. The van der Waals surface area contributed by atoms with E-state index in [9.17, 15) is 9.59 Å². The highest BCUT2D eigenvalue weighted by Gasteiger charge is 2.40. The van der Waals surface area contributed by atoms with E-state index in [0.717, 1.165) is 17.5 Å². The standard InChI is InChI=1S/C22H26N2O3/c1-3-27-22(26)19-9-6-14-24(20(19)16-10-12-17(23)13-11-16)21(25)18-8-5-4-7-15(18)2/h4-5,7-8,10-13,19-20H,3,6,9,14,23H2,1-2H3. The van der Waals surface area contributed by atoms with Gasteiger partial charge in [-0.1, -0.05) is 30.3 Å². The molecule has 3 rings (SSSR count). The van der Waals surface area contributed by atoms with Crippen LogP contribution in [0.25, 0.3) is 0 Å². The van der Waals surface area contributed by atoms with Crippen molar-refractivity contribution in [3.63, 3.8) is 0 Å². The Balaban J connectivity index is 2.01. The van der Waals surface area contributed by atoms with Crippen molar-refractivity contribution >= 4 is 17.6 Å². The number of esters is 1. The molecule has 2 aromatic rings. The van der Waals surface area contributed by atoms with Crippen LogP contribution in [-0.2, 0) is 9.53 Å². The molecule has 27 heavy (non-hydrogen) atoms. The monoisotopic (exact) mass is 366 g/mol. The largest absolute Gasteiger partial charge is 0.466 e. The quantitative estimate of drug-likeness (QED) is 0.661. The first-order chi connectivity index (χ1) is 13.0. The minimum Gasteiger partial charge on any atom is -0.466 e. The Hall–Kier alpha value is -2.82. The number of nitrogen functional groups attached to an aromatic ring is 1. The summed E-state index contributed by atoms with van der Waals surface area (Å²) in [5.74, 6) is -0.680. The van der Waals surface area contributed by atoms with Crippen molar-refractivity contribution in [2.24, 2.45) is 5.92 Å². The van der Waals surface area contributed by atoms with Gasteiger partial charge in [-0.25, -0.2) is 0 Å². The average molecular weight is 366 g/mol. The second kappa shape index (κ2) is 8.25. The molecule has 2 atom stereocenters. The van der Waals surface area contributed by atoms with Gasteiger partial charge >= 0.3 is 5.97 Å². The van der Waals surface area contributed by atoms with Gasteiger partial charge in [-0.05, 0) is 56.0 Å². The van der Waals surface area contributed by atoms with Crippen molar-refractivity contribution in [2.45, 2.75) is 32.7 Å². The highest BCUT2D eigenvalue weighted by Crippen LogP contribution is 2.38. The van der Waals surface area contributed by atoms with Crippen molar-refractivity contribution in [2.75, 3.05) is 18.9 Å². The van der Waals surface area contributed by atoms with Gasteiger partial charge in [0.2, 0.25) is 0 Å². The molecule has 1 fully saturated rings. The number of rotatable bonds is 4. The Morgan fingerprint density at radius 2 is 1.85 bits per heavy atom. The molecule has 0 saturated carbocycles. The van der Waals surface area contributed by atoms with E-state index in [1.807, 2.05) is 60.4 Å². The number of ether oxygens (including phenoxy) is 1. The summed E-state index contributed by atoms with van der Waals surface area (Å²) in [6.45, 7) is 4.67. The third kappa shape index (κ3) is 3.97. The van der Waals surface area contributed by atoms with Crippen LogP contribution in [0, 0.1) is 12.8 Å². The van der Waals surface area contributed by atoms with Gasteiger partial charge < -0.3 is 15.4 Å². The molecule has 1 heterocycles. The predicted molar refractivity (Wildman–Crippen MR) is 105 cm³/mol. The molecule has 1 aliphatic heterocycles. The number of piperidine rings is 1. The normalized spacial score (nSPS) is 19.6. The fourth-order valence-electron chi connectivity index (χ4n) is 3.79. The number of benzene rings is 2. The van der Waals surface area contributed by atoms with Gasteiger partial charge in [-0.2, -0.15) is 0 Å². The molecule has 1 amide bonds. The van der Waals surface area contributed by atoms with Gasteiger partial charge in [-0.3, -0.25) is 9.59 Å². The molecule has 0 bridgehead atoms. The second-order valence-corrected chi connectivity index (χ2v) is 6.93. The molecule has 2 unspecified atom stereocenters. The van der Waals surface area contributed by atoms with Gasteiger partial charge in [0.1, 0.15) is 0 Å². The molecule has 2 aromatic carbocycles. The van der Waals surface area contributed by atoms with E-state index < -0.39 is 0 Å². The Morgan fingerprint density at radius 1 is 1.15 bits per heavy atom. The van der Waals surface area contributed by atoms with Gasteiger partial charge in [0.05, 0.1) is 18.6 Å². The van der Waals surface area contributed by atoms with Crippen molar-refractivity contribution in [1.82, 2.24) is 4.90 Å². The fourth-order valence-corrected chi connectivity index (χ4v) is 3.79. The minimum absolute atomic E-state index is 0.0519. The topological polar surface area (TPSA) is 72.6 Å². The average Bonchev–Trinajstić information content (AvgIpc) is 2.68. The number of nitrogens with two attached hydrogens (primary N) is 1. The zero-order valence-electron chi connectivity index (χ0n) is 15.9. The van der Waals surface area contributed by atoms with Crippen LogP contribution in [-0.4, -0.2) is 29.9 Å². The summed E-state index contributed by atoms with van der Waals surface area (Å²) in [6, 6.07) is 14.6. The minimum atomic E-state index is -0.379. The summed E-state index contributed by atoms with van der Waals surface area (Å²) >= 11 is 0. The van der Waals surface area contributed by atoms with E-state index >= 15 is 0 Å². The number of aryl methyl sites for hydroxylation is 1. The first-order valence-electron chi connectivity index (χ1n) is 9.41. The molecule has 0 spiro atoms. The van der Waals surface area contributed by atoms with E-state index in [-0.39, 0.29) is 23.8 Å². The van der Waals surface area contributed by atoms with Gasteiger partial charge in [0.25, 0.3) is 5.91 Å². The molecular formula is C22H26N2O3. The Kier molecular flexibility index (Phi) is 5.79. The third-order valence-electron chi connectivity index (χ3n) is 5.13. The lowest BCUT2D eigenvalue weighted by molar-refractivity contribution is -0.151. The molecule has 5 nitrogen and oxygen atoms in total. The number of nitrogens with zero attached hydrogens (tertiary/aromatic N) is 1. The van der Waals surface area contributed by atoms with Crippen LogP contribution in [0.2, 0.25) is 0 Å². The molecular weight excluding hydrogens is 340 g/mol. The summed E-state index contributed by atoms with van der Waals surface area (Å²) < 4.78 is 5.31. The van der Waals surface area contributed by atoms with Crippen LogP contribution in [0.15, 0.2) is 48.5 Å². The van der Waals surface area contributed by atoms with Crippen LogP contribution >= 0.6 is 0 Å². The van der Waals surface area contributed by atoms with Gasteiger partial charge in [-0.15, -0.1) is 0 Å². The number of amides is 1. The first kappa shape index (κ1) is 19.0. The molecule has 2 N–H and O–H groups in total. The summed E-state index contributed by atoms with van der Waals surface area (Å²) in [5, 5.41) is 0. The molecule has 0 aromatic heterocycles. The first-order valence-corrected chi connectivity index (χ1v) is 9.41. The predicted octanol–water partition coefficient (Wildman–Crippen LogP) is 3.73. The second-order valence-electron chi connectivity index (χ2n) is 6.93. The van der Waals surface area contributed by atoms with Crippen molar-refractivity contribution in [1.29, 1.82) is 0 Å². The molecule has 0 radical (unpaired) electrons. The number of anilines is 1. The van der Waals surface area contributed by atoms with Gasteiger partial charge in [0.15, 0.2) is 0 Å². The maximum atomic E-state index is 13.3. The summed E-state index contributed by atoms with van der Waals surface area (Å²) in [7, 11) is 0. The highest BCUT2D eigenvalue weighted by molar-refractivity contribution is 5.96. The van der Waals surface area contributed by atoms with Crippen molar-refractivity contribution in [3.8, 4) is 0 Å². The molecule has 0 aliphatic carbocycles. The molecule has 1 saturated heterocycles. The zero-order chi connectivity index (χ0) is 19.4. The Morgan fingerprint density at radius 3 is 2.52 bits per heavy atom. The lowest BCUT2D eigenvalue weighted by atomic mass is 9.84.